The summed E-state index contributed by atoms with van der Waals surface area (Å²) in [4.78, 5) is 12.7. The van der Waals surface area contributed by atoms with Crippen molar-refractivity contribution in [1.29, 1.82) is 0 Å². The van der Waals surface area contributed by atoms with Crippen LogP contribution in [0, 0.1) is 0 Å². The SMILES string of the molecule is COC1CCN(C/C=C/C(N)=O)CC1. The van der Waals surface area contributed by atoms with Crippen molar-refractivity contribution in [3.05, 3.63) is 12.2 Å². The normalized spacial score (nSPS) is 20.4. The summed E-state index contributed by atoms with van der Waals surface area (Å²) in [7, 11) is 1.76. The van der Waals surface area contributed by atoms with Gasteiger partial charge in [0.05, 0.1) is 6.10 Å². The predicted molar refractivity (Wildman–Crippen MR) is 54.8 cm³/mol. The molecule has 0 aliphatic carbocycles. The van der Waals surface area contributed by atoms with Crippen LogP contribution < -0.4 is 5.73 Å². The van der Waals surface area contributed by atoms with Crippen LogP contribution in [0.3, 0.4) is 0 Å². The molecule has 1 saturated heterocycles. The molecular weight excluding hydrogens is 180 g/mol. The van der Waals surface area contributed by atoms with Crippen molar-refractivity contribution in [2.24, 2.45) is 5.73 Å². The average Bonchev–Trinajstić information content (AvgIpc) is 2.18. The van der Waals surface area contributed by atoms with Gasteiger partial charge < -0.3 is 10.5 Å². The molecule has 0 spiro atoms. The second-order valence-electron chi connectivity index (χ2n) is 3.54. The van der Waals surface area contributed by atoms with Crippen LogP contribution in [0.2, 0.25) is 0 Å². The number of primary amides is 1. The molecule has 4 nitrogen and oxygen atoms in total. The number of likely N-dealkylation sites (tertiary alicyclic amines) is 1. The topological polar surface area (TPSA) is 55.6 Å². The second kappa shape index (κ2) is 5.78. The zero-order valence-electron chi connectivity index (χ0n) is 8.61. The Kier molecular flexibility index (Phi) is 4.62. The minimum atomic E-state index is -0.378. The van der Waals surface area contributed by atoms with E-state index in [0.29, 0.717) is 6.10 Å². The van der Waals surface area contributed by atoms with E-state index >= 15 is 0 Å². The molecule has 0 aromatic carbocycles. The Bertz CT molecular complexity index is 208. The molecule has 0 saturated carbocycles. The van der Waals surface area contributed by atoms with E-state index in [0.717, 1.165) is 32.5 Å². The first kappa shape index (κ1) is 11.2. The third-order valence-electron chi connectivity index (χ3n) is 2.51. The zero-order valence-corrected chi connectivity index (χ0v) is 8.61. The van der Waals surface area contributed by atoms with Gasteiger partial charge in [0.1, 0.15) is 0 Å². The molecular formula is C10H18N2O2. The average molecular weight is 198 g/mol. The van der Waals surface area contributed by atoms with Gasteiger partial charge in [-0.3, -0.25) is 9.69 Å². The van der Waals surface area contributed by atoms with Crippen LogP contribution in [0.4, 0.5) is 0 Å². The summed E-state index contributed by atoms with van der Waals surface area (Å²) >= 11 is 0. The minimum Gasteiger partial charge on any atom is -0.381 e. The summed E-state index contributed by atoms with van der Waals surface area (Å²) < 4.78 is 5.26. The van der Waals surface area contributed by atoms with Crippen LogP contribution in [0.15, 0.2) is 12.2 Å². The fraction of sp³-hybridized carbons (Fsp3) is 0.700. The first-order valence-corrected chi connectivity index (χ1v) is 4.93. The van der Waals surface area contributed by atoms with Crippen LogP contribution in [0.5, 0.6) is 0 Å². The number of amides is 1. The Hall–Kier alpha value is -0.870. The highest BCUT2D eigenvalue weighted by atomic mass is 16.5. The van der Waals surface area contributed by atoms with E-state index in [1.54, 1.807) is 7.11 Å². The van der Waals surface area contributed by atoms with Crippen molar-refractivity contribution in [2.45, 2.75) is 18.9 Å². The molecule has 1 fully saturated rings. The molecule has 1 rings (SSSR count). The highest BCUT2D eigenvalue weighted by Crippen LogP contribution is 2.12. The summed E-state index contributed by atoms with van der Waals surface area (Å²) in [5.74, 6) is -0.378. The smallest absolute Gasteiger partial charge is 0.241 e. The molecule has 1 aliphatic heterocycles. The Morgan fingerprint density at radius 2 is 2.21 bits per heavy atom. The molecule has 14 heavy (non-hydrogen) atoms. The third-order valence-corrected chi connectivity index (χ3v) is 2.51. The zero-order chi connectivity index (χ0) is 10.4. The molecule has 1 heterocycles. The summed E-state index contributed by atoms with van der Waals surface area (Å²) in [6, 6.07) is 0. The van der Waals surface area contributed by atoms with E-state index in [2.05, 4.69) is 4.90 Å². The number of nitrogens with zero attached hydrogens (tertiary/aromatic N) is 1. The van der Waals surface area contributed by atoms with Gasteiger partial charge in [0.2, 0.25) is 5.91 Å². The predicted octanol–water partition coefficient (Wildman–Crippen LogP) is 0.139. The van der Waals surface area contributed by atoms with E-state index in [1.807, 2.05) is 6.08 Å². The van der Waals surface area contributed by atoms with Crippen LogP contribution in [0.25, 0.3) is 0 Å². The van der Waals surface area contributed by atoms with Crippen molar-refractivity contribution in [1.82, 2.24) is 4.90 Å². The molecule has 80 valence electrons. The quantitative estimate of drug-likeness (QED) is 0.654. The number of piperidine rings is 1. The minimum absolute atomic E-state index is 0.378. The molecule has 0 aromatic rings. The Labute approximate surface area is 84.7 Å². The molecule has 1 aliphatic rings. The van der Waals surface area contributed by atoms with Crippen molar-refractivity contribution in [3.63, 3.8) is 0 Å². The monoisotopic (exact) mass is 198 g/mol. The number of nitrogens with two attached hydrogens (primary N) is 1. The van der Waals surface area contributed by atoms with Crippen LogP contribution >= 0.6 is 0 Å². The maximum absolute atomic E-state index is 10.4. The van der Waals surface area contributed by atoms with Gasteiger partial charge in [-0.25, -0.2) is 0 Å². The molecule has 0 bridgehead atoms. The molecule has 0 atom stereocenters. The number of carbonyl (C=O) groups is 1. The van der Waals surface area contributed by atoms with Gasteiger partial charge in [0.25, 0.3) is 0 Å². The number of carbonyl (C=O) groups excluding carboxylic acids is 1. The molecule has 0 radical (unpaired) electrons. The molecule has 0 unspecified atom stereocenters. The highest BCUT2D eigenvalue weighted by Gasteiger charge is 2.17. The maximum Gasteiger partial charge on any atom is 0.241 e. The maximum atomic E-state index is 10.4. The highest BCUT2D eigenvalue weighted by molar-refractivity contribution is 5.85. The molecule has 1 amide bonds. The van der Waals surface area contributed by atoms with Crippen molar-refractivity contribution in [2.75, 3.05) is 26.7 Å². The summed E-state index contributed by atoms with van der Waals surface area (Å²) in [5.41, 5.74) is 4.99. The molecule has 2 N–H and O–H groups in total. The lowest BCUT2D eigenvalue weighted by Gasteiger charge is -2.30. The third kappa shape index (κ3) is 3.89. The van der Waals surface area contributed by atoms with Gasteiger partial charge in [-0.1, -0.05) is 6.08 Å². The number of hydrogen-bond donors (Lipinski definition) is 1. The van der Waals surface area contributed by atoms with Crippen LogP contribution in [-0.2, 0) is 9.53 Å². The lowest BCUT2D eigenvalue weighted by atomic mass is 10.1. The van der Waals surface area contributed by atoms with Crippen molar-refractivity contribution >= 4 is 5.91 Å². The van der Waals surface area contributed by atoms with Gasteiger partial charge in [-0.2, -0.15) is 0 Å². The van der Waals surface area contributed by atoms with E-state index in [-0.39, 0.29) is 5.91 Å². The van der Waals surface area contributed by atoms with Crippen molar-refractivity contribution in [3.8, 4) is 0 Å². The lowest BCUT2D eigenvalue weighted by Crippen LogP contribution is -2.36. The fourth-order valence-electron chi connectivity index (χ4n) is 1.65. The van der Waals surface area contributed by atoms with Gasteiger partial charge >= 0.3 is 0 Å². The lowest BCUT2D eigenvalue weighted by molar-refractivity contribution is -0.113. The van der Waals surface area contributed by atoms with Crippen LogP contribution in [0.1, 0.15) is 12.8 Å². The van der Waals surface area contributed by atoms with Gasteiger partial charge in [-0.15, -0.1) is 0 Å². The number of hydrogen-bond acceptors (Lipinski definition) is 3. The van der Waals surface area contributed by atoms with Gasteiger partial charge in [0, 0.05) is 26.7 Å². The Morgan fingerprint density at radius 1 is 1.57 bits per heavy atom. The first-order chi connectivity index (χ1) is 6.72. The fourth-order valence-corrected chi connectivity index (χ4v) is 1.65. The molecule has 4 heteroatoms. The van der Waals surface area contributed by atoms with E-state index in [1.165, 1.54) is 6.08 Å². The molecule has 0 aromatic heterocycles. The summed E-state index contributed by atoms with van der Waals surface area (Å²) in [6.07, 6.45) is 5.78. The number of rotatable bonds is 4. The van der Waals surface area contributed by atoms with E-state index < -0.39 is 0 Å². The standard InChI is InChI=1S/C10H18N2O2/c1-14-9-4-7-12(8-5-9)6-2-3-10(11)13/h2-3,9H,4-8H2,1H3,(H2,11,13)/b3-2+. The second-order valence-corrected chi connectivity index (χ2v) is 3.54. The van der Waals surface area contributed by atoms with Gasteiger partial charge in [-0.05, 0) is 18.9 Å². The number of ether oxygens (including phenoxy) is 1. The summed E-state index contributed by atoms with van der Waals surface area (Å²) in [5, 5.41) is 0. The Morgan fingerprint density at radius 3 is 2.71 bits per heavy atom. The first-order valence-electron chi connectivity index (χ1n) is 4.93. The number of methoxy groups -OCH3 is 1. The van der Waals surface area contributed by atoms with Crippen molar-refractivity contribution < 1.29 is 9.53 Å². The Balaban J connectivity index is 2.19. The summed E-state index contributed by atoms with van der Waals surface area (Å²) in [6.45, 7) is 2.86. The van der Waals surface area contributed by atoms with Crippen LogP contribution in [-0.4, -0.2) is 43.7 Å². The van der Waals surface area contributed by atoms with Gasteiger partial charge in [0.15, 0.2) is 0 Å². The van der Waals surface area contributed by atoms with E-state index in [9.17, 15) is 4.79 Å². The van der Waals surface area contributed by atoms with E-state index in [4.69, 9.17) is 10.5 Å². The largest absolute Gasteiger partial charge is 0.381 e.